The molecule has 1 saturated carbocycles. The predicted octanol–water partition coefficient (Wildman–Crippen LogP) is 1.93. The monoisotopic (exact) mass is 309 g/mol. The summed E-state index contributed by atoms with van der Waals surface area (Å²) in [6.07, 6.45) is 6.44. The summed E-state index contributed by atoms with van der Waals surface area (Å²) in [5.41, 5.74) is 7.49. The molecule has 3 rings (SSSR count). The van der Waals surface area contributed by atoms with Crippen LogP contribution in [0.1, 0.15) is 32.1 Å². The van der Waals surface area contributed by atoms with Gasteiger partial charge >= 0.3 is 0 Å². The zero-order valence-electron chi connectivity index (χ0n) is 12.2. The fourth-order valence-electron chi connectivity index (χ4n) is 3.79. The van der Waals surface area contributed by atoms with Gasteiger partial charge in [0.25, 0.3) is 0 Å². The zero-order chi connectivity index (χ0) is 15.0. The molecule has 0 bridgehead atoms. The third-order valence-electron chi connectivity index (χ3n) is 4.96. The second kappa shape index (κ2) is 5.50. The van der Waals surface area contributed by atoms with Crippen molar-refractivity contribution in [1.82, 2.24) is 0 Å². The number of rotatable bonds is 2. The van der Waals surface area contributed by atoms with Crippen molar-refractivity contribution in [2.45, 2.75) is 37.0 Å². The predicted molar refractivity (Wildman–Crippen MR) is 84.5 cm³/mol. The molecule has 21 heavy (non-hydrogen) atoms. The van der Waals surface area contributed by atoms with Gasteiger partial charge in [-0.1, -0.05) is 19.3 Å². The van der Waals surface area contributed by atoms with Crippen LogP contribution < -0.4 is 15.8 Å². The summed E-state index contributed by atoms with van der Waals surface area (Å²) in [7, 11) is -3.69. The van der Waals surface area contributed by atoms with Gasteiger partial charge in [-0.05, 0) is 42.9 Å². The summed E-state index contributed by atoms with van der Waals surface area (Å²) < 4.78 is 23.1. The molecule has 2 fully saturated rings. The van der Waals surface area contributed by atoms with Gasteiger partial charge in [0.2, 0.25) is 10.0 Å². The lowest BCUT2D eigenvalue weighted by atomic mass is 9.75. The molecule has 0 spiro atoms. The van der Waals surface area contributed by atoms with Gasteiger partial charge in [0, 0.05) is 13.1 Å². The van der Waals surface area contributed by atoms with Crippen molar-refractivity contribution in [2.24, 2.45) is 17.0 Å². The fraction of sp³-hybridized carbons (Fsp3) is 0.600. The second-order valence-corrected chi connectivity index (χ2v) is 7.87. The molecule has 5 nitrogen and oxygen atoms in total. The number of benzene rings is 1. The lowest BCUT2D eigenvalue weighted by molar-refractivity contribution is 0.202. The van der Waals surface area contributed by atoms with E-state index in [2.05, 4.69) is 4.90 Å². The fourth-order valence-corrected chi connectivity index (χ4v) is 4.33. The van der Waals surface area contributed by atoms with Crippen LogP contribution in [0, 0.1) is 11.8 Å². The van der Waals surface area contributed by atoms with E-state index in [9.17, 15) is 8.42 Å². The molecule has 1 saturated heterocycles. The Bertz CT molecular complexity index is 630. The standard InChI is InChI=1S/C15H23N3O2S/c16-14-6-5-13(21(17,19)20)9-15(14)18-8-7-11-3-1-2-4-12(11)10-18/h5-6,9,11-12H,1-4,7-8,10,16H2,(H2,17,19,20). The molecule has 1 heterocycles. The first-order valence-corrected chi connectivity index (χ1v) is 9.17. The van der Waals surface area contributed by atoms with Crippen LogP contribution in [0.15, 0.2) is 23.1 Å². The van der Waals surface area contributed by atoms with Gasteiger partial charge in [0.15, 0.2) is 0 Å². The van der Waals surface area contributed by atoms with Crippen LogP contribution in [0.2, 0.25) is 0 Å². The highest BCUT2D eigenvalue weighted by Crippen LogP contribution is 2.39. The quantitative estimate of drug-likeness (QED) is 0.817. The third kappa shape index (κ3) is 3.01. The van der Waals surface area contributed by atoms with Gasteiger partial charge in [-0.2, -0.15) is 0 Å². The average molecular weight is 309 g/mol. The van der Waals surface area contributed by atoms with Gasteiger partial charge in [-0.3, -0.25) is 0 Å². The van der Waals surface area contributed by atoms with E-state index in [-0.39, 0.29) is 4.90 Å². The molecular formula is C15H23N3O2S. The molecule has 2 atom stereocenters. The van der Waals surface area contributed by atoms with Gasteiger partial charge in [0.05, 0.1) is 16.3 Å². The number of primary sulfonamides is 1. The van der Waals surface area contributed by atoms with Crippen molar-refractivity contribution in [1.29, 1.82) is 0 Å². The number of piperidine rings is 1. The summed E-state index contributed by atoms with van der Waals surface area (Å²) in [5, 5.41) is 5.22. The van der Waals surface area contributed by atoms with E-state index in [0.717, 1.165) is 24.7 Å². The number of nitrogens with zero attached hydrogens (tertiary/aromatic N) is 1. The molecule has 1 aromatic rings. The van der Waals surface area contributed by atoms with Gasteiger partial charge in [-0.15, -0.1) is 0 Å². The highest BCUT2D eigenvalue weighted by atomic mass is 32.2. The zero-order valence-corrected chi connectivity index (χ0v) is 13.0. The van der Waals surface area contributed by atoms with Gasteiger partial charge in [-0.25, -0.2) is 13.6 Å². The number of hydrogen-bond donors (Lipinski definition) is 2. The average Bonchev–Trinajstić information content (AvgIpc) is 2.46. The number of fused-ring (bicyclic) bond motifs is 1. The van der Waals surface area contributed by atoms with E-state index in [0.29, 0.717) is 11.6 Å². The summed E-state index contributed by atoms with van der Waals surface area (Å²) >= 11 is 0. The van der Waals surface area contributed by atoms with Crippen LogP contribution >= 0.6 is 0 Å². The van der Waals surface area contributed by atoms with E-state index in [4.69, 9.17) is 10.9 Å². The normalized spacial score (nSPS) is 26.4. The molecule has 4 N–H and O–H groups in total. The number of nitrogen functional groups attached to an aromatic ring is 1. The maximum atomic E-state index is 11.5. The molecule has 116 valence electrons. The van der Waals surface area contributed by atoms with E-state index in [1.165, 1.54) is 38.2 Å². The highest BCUT2D eigenvalue weighted by molar-refractivity contribution is 7.89. The minimum atomic E-state index is -3.69. The van der Waals surface area contributed by atoms with Gasteiger partial charge in [0.1, 0.15) is 0 Å². The lowest BCUT2D eigenvalue weighted by Crippen LogP contribution is -2.42. The Morgan fingerprint density at radius 1 is 1.10 bits per heavy atom. The largest absolute Gasteiger partial charge is 0.397 e. The Kier molecular flexibility index (Phi) is 3.84. The Morgan fingerprint density at radius 2 is 1.81 bits per heavy atom. The SMILES string of the molecule is Nc1ccc(S(N)(=O)=O)cc1N1CCC2CCCCC2C1. The summed E-state index contributed by atoms with van der Waals surface area (Å²) in [4.78, 5) is 2.37. The number of anilines is 2. The number of hydrogen-bond acceptors (Lipinski definition) is 4. The first-order valence-electron chi connectivity index (χ1n) is 7.62. The summed E-state index contributed by atoms with van der Waals surface area (Å²) in [6, 6.07) is 4.73. The van der Waals surface area contributed by atoms with Crippen molar-refractivity contribution < 1.29 is 8.42 Å². The maximum Gasteiger partial charge on any atom is 0.238 e. The van der Waals surface area contributed by atoms with E-state index < -0.39 is 10.0 Å². The third-order valence-corrected chi connectivity index (χ3v) is 5.87. The Balaban J connectivity index is 1.86. The smallest absolute Gasteiger partial charge is 0.238 e. The van der Waals surface area contributed by atoms with E-state index in [1.54, 1.807) is 12.1 Å². The number of sulfonamides is 1. The van der Waals surface area contributed by atoms with Crippen molar-refractivity contribution >= 4 is 21.4 Å². The van der Waals surface area contributed by atoms with Crippen molar-refractivity contribution in [3.63, 3.8) is 0 Å². The molecule has 1 aromatic carbocycles. The second-order valence-electron chi connectivity index (χ2n) is 6.30. The van der Waals surface area contributed by atoms with Gasteiger partial charge < -0.3 is 10.6 Å². The number of nitrogens with two attached hydrogens (primary N) is 2. The van der Waals surface area contributed by atoms with Crippen LogP contribution in [-0.4, -0.2) is 21.5 Å². The van der Waals surface area contributed by atoms with Crippen molar-refractivity contribution in [3.8, 4) is 0 Å². The Labute approximate surface area is 126 Å². The molecule has 0 amide bonds. The minimum absolute atomic E-state index is 0.137. The highest BCUT2D eigenvalue weighted by Gasteiger charge is 2.31. The molecule has 1 aliphatic heterocycles. The first kappa shape index (κ1) is 14.7. The Hall–Kier alpha value is -1.27. The summed E-state index contributed by atoms with van der Waals surface area (Å²) in [5.74, 6) is 1.54. The van der Waals surface area contributed by atoms with E-state index >= 15 is 0 Å². The molecular weight excluding hydrogens is 286 g/mol. The van der Waals surface area contributed by atoms with Crippen molar-refractivity contribution in [2.75, 3.05) is 23.7 Å². The lowest BCUT2D eigenvalue weighted by Gasteiger charge is -2.42. The van der Waals surface area contributed by atoms with Crippen LogP contribution in [0.25, 0.3) is 0 Å². The molecule has 0 aromatic heterocycles. The minimum Gasteiger partial charge on any atom is -0.397 e. The molecule has 0 radical (unpaired) electrons. The summed E-state index contributed by atoms with van der Waals surface area (Å²) in [6.45, 7) is 1.92. The molecule has 1 aliphatic carbocycles. The van der Waals surface area contributed by atoms with Crippen LogP contribution in [0.3, 0.4) is 0 Å². The molecule has 6 heteroatoms. The molecule has 2 unspecified atom stereocenters. The first-order chi connectivity index (χ1) is 9.95. The van der Waals surface area contributed by atoms with E-state index in [1.807, 2.05) is 0 Å². The van der Waals surface area contributed by atoms with Crippen LogP contribution in [0.4, 0.5) is 11.4 Å². The maximum absolute atomic E-state index is 11.5. The van der Waals surface area contributed by atoms with Crippen LogP contribution in [0.5, 0.6) is 0 Å². The van der Waals surface area contributed by atoms with Crippen LogP contribution in [-0.2, 0) is 10.0 Å². The molecule has 2 aliphatic rings. The van der Waals surface area contributed by atoms with Crippen molar-refractivity contribution in [3.05, 3.63) is 18.2 Å². The topological polar surface area (TPSA) is 89.4 Å². The Morgan fingerprint density at radius 3 is 2.52 bits per heavy atom.